The van der Waals surface area contributed by atoms with E-state index in [9.17, 15) is 19.1 Å². The number of aryl methyl sites for hydroxylation is 1. The van der Waals surface area contributed by atoms with Crippen LogP contribution in [0, 0.1) is 24.0 Å². The zero-order valence-corrected chi connectivity index (χ0v) is 10.7. The maximum Gasteiger partial charge on any atom is 0.316 e. The molecule has 0 spiro atoms. The summed E-state index contributed by atoms with van der Waals surface area (Å²) in [6.07, 6.45) is 1.33. The van der Waals surface area contributed by atoms with Crippen molar-refractivity contribution in [1.82, 2.24) is 4.98 Å². The molecule has 0 bridgehead atoms. The van der Waals surface area contributed by atoms with Crippen LogP contribution in [0.3, 0.4) is 0 Å². The van der Waals surface area contributed by atoms with Gasteiger partial charge in [0.1, 0.15) is 5.75 Å². The molecule has 1 rings (SSSR count). The number of rotatable bonds is 5. The van der Waals surface area contributed by atoms with E-state index in [1.807, 2.05) is 0 Å². The lowest BCUT2D eigenvalue weighted by molar-refractivity contribution is -0.386. The van der Waals surface area contributed by atoms with Crippen LogP contribution < -0.4 is 0 Å². The molecule has 1 N–H and O–H groups in total. The fraction of sp³-hybridized carbons (Fsp3) is 0.400. The maximum atomic E-state index is 11.5. The monoisotopic (exact) mass is 272 g/mol. The second-order valence-corrected chi connectivity index (χ2v) is 5.20. The highest BCUT2D eigenvalue weighted by atomic mass is 32.2. The standard InChI is InChI=1S/C10H12N2O5S/c1-6-3-11-8(4-18(17)5-9(13)14)7(2)10(6)12(15)16/h3H,4-5H2,1-2H3,(H,13,14). The predicted octanol–water partition coefficient (Wildman–Crippen LogP) is 0.940. The minimum atomic E-state index is -1.62. The number of hydrogen-bond acceptors (Lipinski definition) is 5. The summed E-state index contributed by atoms with van der Waals surface area (Å²) < 4.78 is 11.5. The van der Waals surface area contributed by atoms with E-state index in [-0.39, 0.29) is 11.4 Å². The molecular formula is C10H12N2O5S. The molecule has 98 valence electrons. The van der Waals surface area contributed by atoms with Crippen LogP contribution in [0.15, 0.2) is 6.20 Å². The van der Waals surface area contributed by atoms with Gasteiger partial charge in [0.15, 0.2) is 0 Å². The van der Waals surface area contributed by atoms with E-state index in [4.69, 9.17) is 5.11 Å². The van der Waals surface area contributed by atoms with Gasteiger partial charge in [0.2, 0.25) is 0 Å². The predicted molar refractivity (Wildman–Crippen MR) is 64.7 cm³/mol. The summed E-state index contributed by atoms with van der Waals surface area (Å²) in [6.45, 7) is 3.08. The van der Waals surface area contributed by atoms with Gasteiger partial charge in [-0.3, -0.25) is 24.1 Å². The van der Waals surface area contributed by atoms with Crippen molar-refractivity contribution < 1.29 is 19.0 Å². The van der Waals surface area contributed by atoms with Crippen LogP contribution in [-0.4, -0.2) is 30.9 Å². The molecule has 1 heterocycles. The van der Waals surface area contributed by atoms with Gasteiger partial charge in [0.05, 0.1) is 16.4 Å². The molecule has 18 heavy (non-hydrogen) atoms. The number of aliphatic carboxylic acids is 1. The van der Waals surface area contributed by atoms with E-state index >= 15 is 0 Å². The van der Waals surface area contributed by atoms with E-state index in [1.54, 1.807) is 6.92 Å². The lowest BCUT2D eigenvalue weighted by Crippen LogP contribution is -2.12. The first kappa shape index (κ1) is 14.2. The summed E-state index contributed by atoms with van der Waals surface area (Å²) in [6, 6.07) is 0. The molecular weight excluding hydrogens is 260 g/mol. The summed E-state index contributed by atoms with van der Waals surface area (Å²) in [7, 11) is -1.62. The van der Waals surface area contributed by atoms with E-state index in [2.05, 4.69) is 4.98 Å². The van der Waals surface area contributed by atoms with Crippen LogP contribution in [0.25, 0.3) is 0 Å². The number of pyridine rings is 1. The van der Waals surface area contributed by atoms with Gasteiger partial charge in [0.25, 0.3) is 5.69 Å². The largest absolute Gasteiger partial charge is 0.481 e. The van der Waals surface area contributed by atoms with Crippen LogP contribution >= 0.6 is 0 Å². The zero-order chi connectivity index (χ0) is 13.9. The van der Waals surface area contributed by atoms with Gasteiger partial charge < -0.3 is 5.11 Å². The van der Waals surface area contributed by atoms with Gasteiger partial charge in [-0.05, 0) is 13.8 Å². The number of carbonyl (C=O) groups is 1. The summed E-state index contributed by atoms with van der Waals surface area (Å²) in [5, 5.41) is 19.4. The first-order valence-electron chi connectivity index (χ1n) is 4.99. The van der Waals surface area contributed by atoms with Crippen molar-refractivity contribution in [2.45, 2.75) is 19.6 Å². The van der Waals surface area contributed by atoms with Gasteiger partial charge in [-0.25, -0.2) is 0 Å². The average molecular weight is 272 g/mol. The zero-order valence-electron chi connectivity index (χ0n) is 9.87. The van der Waals surface area contributed by atoms with Crippen LogP contribution in [0.1, 0.15) is 16.8 Å². The Kier molecular flexibility index (Phi) is 4.49. The van der Waals surface area contributed by atoms with Crippen molar-refractivity contribution >= 4 is 22.5 Å². The van der Waals surface area contributed by atoms with Gasteiger partial charge in [-0.15, -0.1) is 0 Å². The Hall–Kier alpha value is -1.83. The lowest BCUT2D eigenvalue weighted by Gasteiger charge is -2.06. The molecule has 1 atom stereocenters. The molecule has 1 aromatic rings. The molecule has 7 nitrogen and oxygen atoms in total. The number of carboxylic acids is 1. The Morgan fingerprint density at radius 1 is 1.56 bits per heavy atom. The van der Waals surface area contributed by atoms with E-state index < -0.39 is 27.4 Å². The summed E-state index contributed by atoms with van der Waals surface area (Å²) in [5.74, 6) is -1.77. The maximum absolute atomic E-state index is 11.5. The molecule has 0 fully saturated rings. The first-order chi connectivity index (χ1) is 8.32. The second-order valence-electron chi connectivity index (χ2n) is 3.74. The third kappa shape index (κ3) is 3.33. The fourth-order valence-electron chi connectivity index (χ4n) is 1.53. The van der Waals surface area contributed by atoms with Gasteiger partial charge >= 0.3 is 5.97 Å². The van der Waals surface area contributed by atoms with Gasteiger partial charge in [-0.2, -0.15) is 0 Å². The van der Waals surface area contributed by atoms with Crippen molar-refractivity contribution in [1.29, 1.82) is 0 Å². The Bertz CT molecular complexity index is 529. The Labute approximate surface area is 105 Å². The summed E-state index contributed by atoms with van der Waals surface area (Å²) >= 11 is 0. The first-order valence-corrected chi connectivity index (χ1v) is 6.48. The number of aromatic nitrogens is 1. The van der Waals surface area contributed by atoms with Crippen LogP contribution in [0.5, 0.6) is 0 Å². The van der Waals surface area contributed by atoms with Crippen molar-refractivity contribution in [3.05, 3.63) is 33.1 Å². The molecule has 0 aromatic carbocycles. The molecule has 8 heteroatoms. The van der Waals surface area contributed by atoms with Crippen LogP contribution in [0.4, 0.5) is 5.69 Å². The van der Waals surface area contributed by atoms with Gasteiger partial charge in [-0.1, -0.05) is 0 Å². The van der Waals surface area contributed by atoms with E-state index in [1.165, 1.54) is 13.1 Å². The number of nitrogens with zero attached hydrogens (tertiary/aromatic N) is 2. The quantitative estimate of drug-likeness (QED) is 0.630. The molecule has 0 saturated carbocycles. The second kappa shape index (κ2) is 5.67. The number of hydrogen-bond donors (Lipinski definition) is 1. The van der Waals surface area contributed by atoms with E-state index in [0.717, 1.165) is 0 Å². The summed E-state index contributed by atoms with van der Waals surface area (Å²) in [5.41, 5.74) is 0.989. The van der Waals surface area contributed by atoms with Crippen LogP contribution in [-0.2, 0) is 21.3 Å². The highest BCUT2D eigenvalue weighted by Crippen LogP contribution is 2.24. The van der Waals surface area contributed by atoms with Crippen molar-refractivity contribution in [2.75, 3.05) is 5.75 Å². The van der Waals surface area contributed by atoms with Crippen LogP contribution in [0.2, 0.25) is 0 Å². The molecule has 0 aliphatic rings. The van der Waals surface area contributed by atoms with Crippen molar-refractivity contribution in [2.24, 2.45) is 0 Å². The summed E-state index contributed by atoms with van der Waals surface area (Å²) in [4.78, 5) is 24.7. The van der Waals surface area contributed by atoms with Crippen molar-refractivity contribution in [3.63, 3.8) is 0 Å². The third-order valence-electron chi connectivity index (χ3n) is 2.34. The smallest absolute Gasteiger partial charge is 0.316 e. The topological polar surface area (TPSA) is 110 Å². The highest BCUT2D eigenvalue weighted by Gasteiger charge is 2.20. The Balaban J connectivity index is 3.05. The molecule has 1 aromatic heterocycles. The molecule has 1 unspecified atom stereocenters. The minimum Gasteiger partial charge on any atom is -0.481 e. The number of carboxylic acid groups (broad SMARTS) is 1. The average Bonchev–Trinajstić information content (AvgIpc) is 2.20. The minimum absolute atomic E-state index is 0.0627. The molecule has 0 saturated heterocycles. The molecule has 0 aliphatic carbocycles. The van der Waals surface area contributed by atoms with E-state index in [0.29, 0.717) is 16.8 Å². The van der Waals surface area contributed by atoms with Crippen molar-refractivity contribution in [3.8, 4) is 0 Å². The van der Waals surface area contributed by atoms with Gasteiger partial charge in [0, 0.05) is 28.1 Å². The molecule has 0 amide bonds. The number of nitro groups is 1. The Morgan fingerprint density at radius 3 is 2.67 bits per heavy atom. The molecule has 0 aliphatic heterocycles. The normalized spacial score (nSPS) is 12.1. The fourth-order valence-corrected chi connectivity index (χ4v) is 2.51. The Morgan fingerprint density at radius 2 is 2.17 bits per heavy atom. The SMILES string of the molecule is Cc1cnc(CS(=O)CC(=O)O)c(C)c1[N+](=O)[O-]. The third-order valence-corrected chi connectivity index (χ3v) is 3.50. The lowest BCUT2D eigenvalue weighted by atomic mass is 10.1. The highest BCUT2D eigenvalue weighted by molar-refractivity contribution is 7.84. The molecule has 0 radical (unpaired) electrons.